The number of hydrogen-bond acceptors (Lipinski definition) is 3. The predicted octanol–water partition coefficient (Wildman–Crippen LogP) is 6.58. The van der Waals surface area contributed by atoms with E-state index < -0.39 is 0 Å². The molecule has 0 saturated heterocycles. The monoisotopic (exact) mass is 401 g/mol. The molecule has 0 unspecified atom stereocenters. The molecule has 0 aromatic heterocycles. The Bertz CT molecular complexity index is 844. The third-order valence-electron chi connectivity index (χ3n) is 3.95. The van der Waals surface area contributed by atoms with Crippen LogP contribution in [0.5, 0.6) is 11.5 Å². The Morgan fingerprint density at radius 1 is 0.815 bits per heavy atom. The van der Waals surface area contributed by atoms with E-state index in [1.165, 1.54) is 0 Å². The molecule has 0 fully saturated rings. The summed E-state index contributed by atoms with van der Waals surface area (Å²) < 4.78 is 11.3. The summed E-state index contributed by atoms with van der Waals surface area (Å²) in [6.07, 6.45) is 0. The summed E-state index contributed by atoms with van der Waals surface area (Å²) >= 11 is 12.8. The summed E-state index contributed by atoms with van der Waals surface area (Å²) in [4.78, 5) is 0. The highest BCUT2D eigenvalue weighted by Gasteiger charge is 2.10. The number of halogens is 2. The highest BCUT2D eigenvalue weighted by atomic mass is 35.5. The van der Waals surface area contributed by atoms with E-state index in [-0.39, 0.29) is 0 Å². The topological polar surface area (TPSA) is 30.5 Å². The minimum absolute atomic E-state index is 0.421. The number of ether oxygens (including phenoxy) is 2. The second kappa shape index (κ2) is 9.54. The Hall–Kier alpha value is -2.36. The maximum Gasteiger partial charge on any atom is 0.156 e. The fraction of sp³-hybridized carbons (Fsp3) is 0.182. The molecule has 140 valence electrons. The average molecular weight is 402 g/mol. The molecule has 0 saturated carbocycles. The Kier molecular flexibility index (Phi) is 6.86. The van der Waals surface area contributed by atoms with E-state index >= 15 is 0 Å². The van der Waals surface area contributed by atoms with Crippen molar-refractivity contribution >= 4 is 28.9 Å². The van der Waals surface area contributed by atoms with Gasteiger partial charge in [0.15, 0.2) is 5.75 Å². The van der Waals surface area contributed by atoms with Crippen molar-refractivity contribution in [2.24, 2.45) is 0 Å². The molecule has 27 heavy (non-hydrogen) atoms. The molecule has 5 heteroatoms. The maximum atomic E-state index is 6.38. The molecular weight excluding hydrogens is 381 g/mol. The van der Waals surface area contributed by atoms with Crippen LogP contribution in [-0.2, 0) is 13.2 Å². The van der Waals surface area contributed by atoms with E-state index in [1.54, 1.807) is 0 Å². The summed E-state index contributed by atoms with van der Waals surface area (Å²) in [6.45, 7) is 3.64. The van der Waals surface area contributed by atoms with E-state index in [4.69, 9.17) is 32.7 Å². The molecule has 3 rings (SSSR count). The third kappa shape index (κ3) is 5.56. The van der Waals surface area contributed by atoms with E-state index in [2.05, 4.69) is 5.32 Å². The second-order valence-corrected chi connectivity index (χ2v) is 6.79. The van der Waals surface area contributed by atoms with Crippen molar-refractivity contribution in [3.8, 4) is 11.5 Å². The summed E-state index contributed by atoms with van der Waals surface area (Å²) in [5.41, 5.74) is 3.03. The number of anilines is 1. The average Bonchev–Trinajstić information content (AvgIpc) is 2.68. The lowest BCUT2D eigenvalue weighted by molar-refractivity contribution is 0.306. The fourth-order valence-corrected chi connectivity index (χ4v) is 3.26. The SMILES string of the molecule is CCOc1ccc(NCc2cc(Cl)c(OCc3ccccc3)c(Cl)c2)cc1. The largest absolute Gasteiger partial charge is 0.494 e. The van der Waals surface area contributed by atoms with Crippen molar-refractivity contribution in [1.82, 2.24) is 0 Å². The number of hydrogen-bond donors (Lipinski definition) is 1. The van der Waals surface area contributed by atoms with Gasteiger partial charge in [-0.15, -0.1) is 0 Å². The fourth-order valence-electron chi connectivity index (χ4n) is 2.62. The van der Waals surface area contributed by atoms with Gasteiger partial charge < -0.3 is 14.8 Å². The van der Waals surface area contributed by atoms with Crippen LogP contribution in [-0.4, -0.2) is 6.61 Å². The van der Waals surface area contributed by atoms with Gasteiger partial charge in [0.05, 0.1) is 16.7 Å². The van der Waals surface area contributed by atoms with Crippen LogP contribution >= 0.6 is 23.2 Å². The molecule has 0 aliphatic rings. The summed E-state index contributed by atoms with van der Waals surface area (Å²) in [6, 6.07) is 21.5. The van der Waals surface area contributed by atoms with Crippen LogP contribution in [0.15, 0.2) is 66.7 Å². The Morgan fingerprint density at radius 2 is 1.48 bits per heavy atom. The van der Waals surface area contributed by atoms with Gasteiger partial charge in [0.1, 0.15) is 12.4 Å². The molecule has 0 bridgehead atoms. The molecule has 3 aromatic rings. The van der Waals surface area contributed by atoms with E-state index in [9.17, 15) is 0 Å². The number of rotatable bonds is 8. The smallest absolute Gasteiger partial charge is 0.156 e. The minimum atomic E-state index is 0.421. The lowest BCUT2D eigenvalue weighted by atomic mass is 10.2. The Balaban J connectivity index is 1.62. The van der Waals surface area contributed by atoms with Crippen LogP contribution in [0.3, 0.4) is 0 Å². The summed E-state index contributed by atoms with van der Waals surface area (Å²) in [7, 11) is 0. The highest BCUT2D eigenvalue weighted by molar-refractivity contribution is 6.37. The molecule has 0 amide bonds. The molecule has 0 aliphatic carbocycles. The van der Waals surface area contributed by atoms with Gasteiger partial charge in [-0.2, -0.15) is 0 Å². The normalized spacial score (nSPS) is 10.5. The van der Waals surface area contributed by atoms with E-state index in [1.807, 2.05) is 73.7 Å². The van der Waals surface area contributed by atoms with Crippen LogP contribution in [0.2, 0.25) is 10.0 Å². The number of benzene rings is 3. The first-order valence-electron chi connectivity index (χ1n) is 8.77. The van der Waals surface area contributed by atoms with E-state index in [0.29, 0.717) is 35.6 Å². The molecule has 0 spiro atoms. The van der Waals surface area contributed by atoms with Gasteiger partial charge in [-0.05, 0) is 54.4 Å². The van der Waals surface area contributed by atoms with Gasteiger partial charge in [0, 0.05) is 12.2 Å². The molecule has 0 aliphatic heterocycles. The predicted molar refractivity (Wildman–Crippen MR) is 112 cm³/mol. The molecule has 0 radical (unpaired) electrons. The standard InChI is InChI=1S/C22H21Cl2NO2/c1-2-26-19-10-8-18(9-11-19)25-14-17-12-20(23)22(21(24)13-17)27-15-16-6-4-3-5-7-16/h3-13,25H,2,14-15H2,1H3. The number of nitrogens with one attached hydrogen (secondary N) is 1. The second-order valence-electron chi connectivity index (χ2n) is 5.97. The van der Waals surface area contributed by atoms with Crippen molar-refractivity contribution < 1.29 is 9.47 Å². The van der Waals surface area contributed by atoms with Gasteiger partial charge in [-0.3, -0.25) is 0 Å². The minimum Gasteiger partial charge on any atom is -0.494 e. The summed E-state index contributed by atoms with van der Waals surface area (Å²) in [5.74, 6) is 1.36. The van der Waals surface area contributed by atoms with Crippen LogP contribution in [0.4, 0.5) is 5.69 Å². The lowest BCUT2D eigenvalue weighted by Crippen LogP contribution is -2.01. The van der Waals surface area contributed by atoms with Crippen molar-refractivity contribution in [2.75, 3.05) is 11.9 Å². The first-order chi connectivity index (χ1) is 13.2. The molecule has 3 nitrogen and oxygen atoms in total. The first kappa shape index (κ1) is 19.4. The van der Waals surface area contributed by atoms with Gasteiger partial charge in [-0.25, -0.2) is 0 Å². The molecule has 0 heterocycles. The molecular formula is C22H21Cl2NO2. The molecule has 1 N–H and O–H groups in total. The van der Waals surface area contributed by atoms with Crippen molar-refractivity contribution in [1.29, 1.82) is 0 Å². The zero-order chi connectivity index (χ0) is 19.1. The van der Waals surface area contributed by atoms with Crippen LogP contribution in [0.25, 0.3) is 0 Å². The van der Waals surface area contributed by atoms with Gasteiger partial charge in [0.25, 0.3) is 0 Å². The van der Waals surface area contributed by atoms with Gasteiger partial charge >= 0.3 is 0 Å². The first-order valence-corrected chi connectivity index (χ1v) is 9.52. The van der Waals surface area contributed by atoms with Crippen molar-refractivity contribution in [2.45, 2.75) is 20.1 Å². The third-order valence-corrected chi connectivity index (χ3v) is 4.51. The molecule has 0 atom stereocenters. The lowest BCUT2D eigenvalue weighted by Gasteiger charge is -2.13. The van der Waals surface area contributed by atoms with Crippen LogP contribution in [0.1, 0.15) is 18.1 Å². The van der Waals surface area contributed by atoms with E-state index in [0.717, 1.165) is 22.6 Å². The quantitative estimate of drug-likeness (QED) is 0.462. The van der Waals surface area contributed by atoms with Crippen LogP contribution < -0.4 is 14.8 Å². The summed E-state index contributed by atoms with van der Waals surface area (Å²) in [5, 5.41) is 4.35. The van der Waals surface area contributed by atoms with Crippen molar-refractivity contribution in [3.05, 3.63) is 87.9 Å². The van der Waals surface area contributed by atoms with Crippen LogP contribution in [0, 0.1) is 0 Å². The van der Waals surface area contributed by atoms with Crippen molar-refractivity contribution in [3.63, 3.8) is 0 Å². The van der Waals surface area contributed by atoms with Gasteiger partial charge in [-0.1, -0.05) is 53.5 Å². The zero-order valence-electron chi connectivity index (χ0n) is 15.0. The zero-order valence-corrected chi connectivity index (χ0v) is 16.6. The Morgan fingerprint density at radius 3 is 2.11 bits per heavy atom. The molecule has 3 aromatic carbocycles. The van der Waals surface area contributed by atoms with Gasteiger partial charge in [0.2, 0.25) is 0 Å². The maximum absolute atomic E-state index is 6.38. The highest BCUT2D eigenvalue weighted by Crippen LogP contribution is 2.35. The Labute approximate surface area is 169 Å².